The molecular formula is C19H24Br7Cl5O5. The highest BCUT2D eigenvalue weighted by atomic mass is 79.9. The molecule has 2 aromatic carbocycles. The first-order chi connectivity index (χ1) is 15.0. The van der Waals surface area contributed by atoms with Crippen molar-refractivity contribution in [2.24, 2.45) is 0 Å². The molecule has 0 spiro atoms. The SMILES string of the molecule is Br.Br.Br.Br.BrCc1cc(CBr)cc(CBr)c1.OCC(O)C(O)CO.Oc1c(Cl)c(Cl)c(Cl)c(Cl)c1Cl. The Bertz CT molecular complexity index is 704. The van der Waals surface area contributed by atoms with Gasteiger partial charge < -0.3 is 25.5 Å². The number of hydrogen-bond donors (Lipinski definition) is 5. The molecule has 0 bridgehead atoms. The van der Waals surface area contributed by atoms with Crippen molar-refractivity contribution in [3.05, 3.63) is 60.0 Å². The second-order valence-corrected chi connectivity index (χ2v) is 9.55. The first kappa shape index (κ1) is 48.6. The van der Waals surface area contributed by atoms with Gasteiger partial charge in [0.2, 0.25) is 0 Å². The topological polar surface area (TPSA) is 101 Å². The van der Waals surface area contributed by atoms with Crippen LogP contribution in [0.25, 0.3) is 0 Å². The van der Waals surface area contributed by atoms with E-state index in [1.165, 1.54) is 16.7 Å². The average Bonchev–Trinajstić information content (AvgIpc) is 2.84. The maximum atomic E-state index is 9.20. The van der Waals surface area contributed by atoms with E-state index in [0.717, 1.165) is 16.0 Å². The Kier molecular flexibility index (Phi) is 36.1. The Morgan fingerprint density at radius 1 is 0.556 bits per heavy atom. The van der Waals surface area contributed by atoms with Gasteiger partial charge in [0.1, 0.15) is 22.3 Å². The Morgan fingerprint density at radius 3 is 0.972 bits per heavy atom. The van der Waals surface area contributed by atoms with E-state index in [1.54, 1.807) is 0 Å². The molecule has 2 atom stereocenters. The van der Waals surface area contributed by atoms with Gasteiger partial charge in [0.05, 0.1) is 28.3 Å². The number of alkyl halides is 3. The van der Waals surface area contributed by atoms with Crippen molar-refractivity contribution in [2.75, 3.05) is 13.2 Å². The van der Waals surface area contributed by atoms with Crippen molar-refractivity contribution in [1.82, 2.24) is 0 Å². The quantitative estimate of drug-likeness (QED) is 0.113. The molecule has 5 nitrogen and oxygen atoms in total. The number of hydrogen-bond acceptors (Lipinski definition) is 5. The summed E-state index contributed by atoms with van der Waals surface area (Å²) in [7, 11) is 0. The third-order valence-electron chi connectivity index (χ3n) is 3.58. The van der Waals surface area contributed by atoms with Gasteiger partial charge in [-0.15, -0.1) is 67.9 Å². The summed E-state index contributed by atoms with van der Waals surface area (Å²) in [5, 5.41) is 45.0. The van der Waals surface area contributed by atoms with Crippen molar-refractivity contribution < 1.29 is 25.5 Å². The lowest BCUT2D eigenvalue weighted by Gasteiger charge is -2.10. The molecule has 0 aliphatic rings. The molecule has 0 saturated heterocycles. The second kappa shape index (κ2) is 26.8. The zero-order valence-electron chi connectivity index (χ0n) is 17.8. The number of aliphatic hydroxyl groups is 4. The number of aliphatic hydroxyl groups excluding tert-OH is 4. The lowest BCUT2D eigenvalue weighted by Crippen LogP contribution is -2.31. The summed E-state index contributed by atoms with van der Waals surface area (Å²) < 4.78 is 0. The predicted octanol–water partition coefficient (Wildman–Crippen LogP) is 9.03. The van der Waals surface area contributed by atoms with Gasteiger partial charge >= 0.3 is 0 Å². The van der Waals surface area contributed by atoms with E-state index in [1.807, 2.05) is 0 Å². The van der Waals surface area contributed by atoms with Gasteiger partial charge in [-0.05, 0) is 16.7 Å². The smallest absolute Gasteiger partial charge is 0.155 e. The molecule has 0 amide bonds. The summed E-state index contributed by atoms with van der Waals surface area (Å²) in [4.78, 5) is 0. The summed E-state index contributed by atoms with van der Waals surface area (Å²) in [5.41, 5.74) is 4.00. The van der Waals surface area contributed by atoms with Crippen LogP contribution < -0.4 is 0 Å². The van der Waals surface area contributed by atoms with Crippen LogP contribution in [0.1, 0.15) is 16.7 Å². The molecule has 0 radical (unpaired) electrons. The van der Waals surface area contributed by atoms with Crippen LogP contribution in [0.15, 0.2) is 18.2 Å². The third-order valence-corrected chi connectivity index (χ3v) is 7.78. The molecule has 0 heterocycles. The van der Waals surface area contributed by atoms with E-state index in [0.29, 0.717) is 0 Å². The van der Waals surface area contributed by atoms with Crippen molar-refractivity contribution in [1.29, 1.82) is 0 Å². The lowest BCUT2D eigenvalue weighted by molar-refractivity contribution is -0.0388. The zero-order valence-corrected chi connectivity index (χ0v) is 33.2. The van der Waals surface area contributed by atoms with Crippen LogP contribution >= 0.6 is 174 Å². The highest BCUT2D eigenvalue weighted by Gasteiger charge is 2.18. The molecular weight excluding hydrogens is 1040 g/mol. The van der Waals surface area contributed by atoms with Crippen molar-refractivity contribution in [3.8, 4) is 5.75 Å². The maximum absolute atomic E-state index is 9.20. The molecule has 214 valence electrons. The lowest BCUT2D eigenvalue weighted by atomic mass is 10.1. The summed E-state index contributed by atoms with van der Waals surface area (Å²) in [5.74, 6) is -0.363. The Labute approximate surface area is 302 Å². The van der Waals surface area contributed by atoms with Gasteiger partial charge in [-0.2, -0.15) is 0 Å². The normalized spacial score (nSPS) is 10.9. The fourth-order valence-corrected chi connectivity index (χ4v) is 4.01. The number of aromatic hydroxyl groups is 1. The molecule has 2 aromatic rings. The van der Waals surface area contributed by atoms with Crippen molar-refractivity contribution in [2.45, 2.75) is 28.2 Å². The average molecular weight is 1070 g/mol. The first-order valence-electron chi connectivity index (χ1n) is 8.56. The van der Waals surface area contributed by atoms with Crippen molar-refractivity contribution >= 4 is 174 Å². The molecule has 0 aromatic heterocycles. The van der Waals surface area contributed by atoms with Crippen LogP contribution in [0.4, 0.5) is 0 Å². The van der Waals surface area contributed by atoms with E-state index in [4.69, 9.17) is 78.4 Å². The fourth-order valence-electron chi connectivity index (χ4n) is 1.91. The molecule has 17 heteroatoms. The highest BCUT2D eigenvalue weighted by Crippen LogP contribution is 2.47. The Hall–Kier alpha value is 2.89. The van der Waals surface area contributed by atoms with Gasteiger partial charge in [-0.3, -0.25) is 0 Å². The van der Waals surface area contributed by atoms with E-state index < -0.39 is 25.4 Å². The number of rotatable bonds is 6. The van der Waals surface area contributed by atoms with Gasteiger partial charge in [0.15, 0.2) is 5.75 Å². The molecule has 0 saturated carbocycles. The summed E-state index contributed by atoms with van der Waals surface area (Å²) >= 11 is 38.3. The number of phenolic OH excluding ortho intramolecular Hbond substituents is 1. The van der Waals surface area contributed by atoms with Crippen molar-refractivity contribution in [3.63, 3.8) is 0 Å². The summed E-state index contributed by atoms with van der Waals surface area (Å²) in [6.07, 6.45) is -2.44. The van der Waals surface area contributed by atoms with Crippen LogP contribution in [0.5, 0.6) is 5.75 Å². The highest BCUT2D eigenvalue weighted by molar-refractivity contribution is 9.09. The van der Waals surface area contributed by atoms with E-state index in [-0.39, 0.29) is 98.8 Å². The van der Waals surface area contributed by atoms with Gasteiger partial charge in [-0.25, -0.2) is 0 Å². The minimum atomic E-state index is -1.22. The number of halogens is 12. The molecule has 36 heavy (non-hydrogen) atoms. The molecule has 0 aliphatic heterocycles. The number of phenols is 1. The fraction of sp³-hybridized carbons (Fsp3) is 0.368. The van der Waals surface area contributed by atoms with Gasteiger partial charge in [-0.1, -0.05) is 124 Å². The summed E-state index contributed by atoms with van der Waals surface area (Å²) in [6.45, 7) is -1.05. The van der Waals surface area contributed by atoms with Gasteiger partial charge in [0.25, 0.3) is 0 Å². The zero-order chi connectivity index (χ0) is 25.0. The van der Waals surface area contributed by atoms with E-state index in [2.05, 4.69) is 66.0 Å². The van der Waals surface area contributed by atoms with Crippen LogP contribution in [0.2, 0.25) is 25.1 Å². The molecule has 0 aliphatic carbocycles. The van der Waals surface area contributed by atoms with Crippen LogP contribution in [0, 0.1) is 0 Å². The Balaban J connectivity index is -0.000000129. The van der Waals surface area contributed by atoms with E-state index >= 15 is 0 Å². The molecule has 0 fully saturated rings. The first-order valence-corrected chi connectivity index (χ1v) is 13.8. The molecule has 2 rings (SSSR count). The minimum Gasteiger partial charge on any atom is -0.505 e. The predicted molar refractivity (Wildman–Crippen MR) is 185 cm³/mol. The van der Waals surface area contributed by atoms with Crippen LogP contribution in [0.3, 0.4) is 0 Å². The largest absolute Gasteiger partial charge is 0.505 e. The monoisotopic (exact) mass is 1060 g/mol. The van der Waals surface area contributed by atoms with Crippen LogP contribution in [-0.2, 0) is 16.0 Å². The standard InChI is InChI=1S/C9H9Br3.C6HCl5O.C4H10O4.4BrH/c10-4-7-1-8(5-11)3-9(2-7)6-12;7-1-2(8)4(10)6(12)5(11)3(1)9;5-1-3(7)4(8)2-6;;;;/h1-3H,4-6H2;12H;3-8H,1-2H2;4*1H. The van der Waals surface area contributed by atoms with Crippen LogP contribution in [-0.4, -0.2) is 51.0 Å². The van der Waals surface area contributed by atoms with Gasteiger partial charge in [0, 0.05) is 16.0 Å². The maximum Gasteiger partial charge on any atom is 0.155 e. The Morgan fingerprint density at radius 2 is 0.778 bits per heavy atom. The second-order valence-electron chi connectivity index (χ2n) is 5.98. The third kappa shape index (κ3) is 17.0. The molecule has 2 unspecified atom stereocenters. The minimum absolute atomic E-state index is 0. The molecule has 5 N–H and O–H groups in total. The number of benzene rings is 2. The summed E-state index contributed by atoms with van der Waals surface area (Å²) in [6, 6.07) is 6.61. The van der Waals surface area contributed by atoms with E-state index in [9.17, 15) is 5.11 Å².